The van der Waals surface area contributed by atoms with Gasteiger partial charge in [-0.25, -0.2) is 17.9 Å². The molecule has 0 atom stereocenters. The summed E-state index contributed by atoms with van der Waals surface area (Å²) in [5.74, 6) is -0.468. The number of sulfonamides is 1. The Labute approximate surface area is 166 Å². The first-order valence-corrected chi connectivity index (χ1v) is 11.1. The normalized spacial score (nSPS) is 14.9. The van der Waals surface area contributed by atoms with E-state index in [1.54, 1.807) is 6.92 Å². The third-order valence-corrected chi connectivity index (χ3v) is 6.32. The predicted octanol–water partition coefficient (Wildman–Crippen LogP) is 1.73. The molecule has 152 valence electrons. The number of rotatable bonds is 6. The molecule has 1 aliphatic heterocycles. The third kappa shape index (κ3) is 4.72. The largest absolute Gasteiger partial charge is 0.450 e. The fourth-order valence-electron chi connectivity index (χ4n) is 2.69. The molecule has 28 heavy (non-hydrogen) atoms. The van der Waals surface area contributed by atoms with Gasteiger partial charge in [0, 0.05) is 37.6 Å². The summed E-state index contributed by atoms with van der Waals surface area (Å²) >= 11 is 1.44. The molecule has 0 unspecified atom stereocenters. The second-order valence-electron chi connectivity index (χ2n) is 6.00. The Morgan fingerprint density at radius 1 is 1.18 bits per heavy atom. The van der Waals surface area contributed by atoms with E-state index in [1.165, 1.54) is 33.3 Å². The Balaban J connectivity index is 1.59. The highest BCUT2D eigenvalue weighted by Gasteiger charge is 2.28. The molecule has 2 amide bonds. The summed E-state index contributed by atoms with van der Waals surface area (Å²) in [5, 5.41) is 1.55. The molecule has 2 aromatic heterocycles. The molecule has 1 saturated heterocycles. The highest BCUT2D eigenvalue weighted by atomic mass is 32.2. The zero-order chi connectivity index (χ0) is 20.1. The molecular formula is C17H21N3O6S2. The van der Waals surface area contributed by atoms with Gasteiger partial charge in [-0.2, -0.15) is 0 Å². The van der Waals surface area contributed by atoms with Gasteiger partial charge in [-0.15, -0.1) is 11.3 Å². The number of carbonyl (C=O) groups excluding carboxylic acids is 2. The number of piperazine rings is 1. The van der Waals surface area contributed by atoms with Crippen LogP contribution < -0.4 is 4.72 Å². The van der Waals surface area contributed by atoms with Gasteiger partial charge >= 0.3 is 6.09 Å². The SMILES string of the molecule is CCOC(=O)N1CCN(C(=O)c2ccc(S(=O)(=O)NCc3cccs3)o2)CC1. The van der Waals surface area contributed by atoms with E-state index in [2.05, 4.69) is 4.72 Å². The van der Waals surface area contributed by atoms with Crippen molar-refractivity contribution >= 4 is 33.4 Å². The molecule has 9 nitrogen and oxygen atoms in total. The van der Waals surface area contributed by atoms with Gasteiger partial charge in [-0.1, -0.05) is 6.07 Å². The van der Waals surface area contributed by atoms with Gasteiger partial charge in [0.05, 0.1) is 6.61 Å². The first-order valence-electron chi connectivity index (χ1n) is 8.73. The van der Waals surface area contributed by atoms with E-state index in [9.17, 15) is 18.0 Å². The molecule has 3 rings (SSSR count). The minimum Gasteiger partial charge on any atom is -0.450 e. The monoisotopic (exact) mass is 427 g/mol. The Morgan fingerprint density at radius 3 is 2.54 bits per heavy atom. The summed E-state index contributed by atoms with van der Waals surface area (Å²) in [7, 11) is -3.86. The smallest absolute Gasteiger partial charge is 0.409 e. The van der Waals surface area contributed by atoms with E-state index < -0.39 is 22.0 Å². The van der Waals surface area contributed by atoms with E-state index in [-0.39, 0.29) is 17.4 Å². The van der Waals surface area contributed by atoms with Crippen molar-refractivity contribution in [1.82, 2.24) is 14.5 Å². The number of hydrogen-bond acceptors (Lipinski definition) is 7. The van der Waals surface area contributed by atoms with Gasteiger partial charge in [-0.05, 0) is 30.5 Å². The van der Waals surface area contributed by atoms with Crippen molar-refractivity contribution in [2.75, 3.05) is 32.8 Å². The Kier molecular flexibility index (Phi) is 6.37. The Morgan fingerprint density at radius 2 is 1.89 bits per heavy atom. The van der Waals surface area contributed by atoms with Crippen LogP contribution in [0.3, 0.4) is 0 Å². The molecule has 3 heterocycles. The lowest BCUT2D eigenvalue weighted by atomic mass is 10.3. The van der Waals surface area contributed by atoms with Crippen molar-refractivity contribution in [2.45, 2.75) is 18.6 Å². The van der Waals surface area contributed by atoms with Crippen LogP contribution in [0.1, 0.15) is 22.4 Å². The molecule has 0 spiro atoms. The van der Waals surface area contributed by atoms with Gasteiger partial charge in [0.15, 0.2) is 5.76 Å². The number of furan rings is 1. The summed E-state index contributed by atoms with van der Waals surface area (Å²) in [6.07, 6.45) is -0.405. The fraction of sp³-hybridized carbons (Fsp3) is 0.412. The average molecular weight is 428 g/mol. The van der Waals surface area contributed by atoms with Crippen molar-refractivity contribution < 1.29 is 27.2 Å². The van der Waals surface area contributed by atoms with Crippen molar-refractivity contribution in [3.05, 3.63) is 40.3 Å². The van der Waals surface area contributed by atoms with Crippen molar-refractivity contribution in [2.24, 2.45) is 0 Å². The summed E-state index contributed by atoms with van der Waals surface area (Å²) in [5.41, 5.74) is 0. The number of hydrogen-bond donors (Lipinski definition) is 1. The maximum absolute atomic E-state index is 12.6. The quantitative estimate of drug-likeness (QED) is 0.752. The molecule has 1 fully saturated rings. The van der Waals surface area contributed by atoms with Crippen molar-refractivity contribution in [3.63, 3.8) is 0 Å². The van der Waals surface area contributed by atoms with Crippen LogP contribution in [0.2, 0.25) is 0 Å². The molecule has 0 aromatic carbocycles. The molecule has 0 aliphatic carbocycles. The van der Waals surface area contributed by atoms with Crippen LogP contribution in [0.15, 0.2) is 39.2 Å². The number of nitrogens with one attached hydrogen (secondary N) is 1. The number of nitrogens with zero attached hydrogens (tertiary/aromatic N) is 2. The van der Waals surface area contributed by atoms with E-state index >= 15 is 0 Å². The van der Waals surface area contributed by atoms with Crippen LogP contribution in [0, 0.1) is 0 Å². The minimum atomic E-state index is -3.86. The Bertz CT molecular complexity index is 915. The van der Waals surface area contributed by atoms with Crippen LogP contribution in [0.5, 0.6) is 0 Å². The maximum Gasteiger partial charge on any atom is 0.409 e. The van der Waals surface area contributed by atoms with E-state index in [1.807, 2.05) is 17.5 Å². The molecule has 0 radical (unpaired) electrons. The van der Waals surface area contributed by atoms with Gasteiger partial charge < -0.3 is 19.0 Å². The number of ether oxygens (including phenoxy) is 1. The summed E-state index contributed by atoms with van der Waals surface area (Å²) in [4.78, 5) is 28.2. The molecule has 2 aromatic rings. The molecule has 1 N–H and O–H groups in total. The lowest BCUT2D eigenvalue weighted by molar-refractivity contribution is 0.0542. The summed E-state index contributed by atoms with van der Waals surface area (Å²) in [6, 6.07) is 6.26. The molecule has 11 heteroatoms. The summed E-state index contributed by atoms with van der Waals surface area (Å²) in [6.45, 7) is 3.50. The van der Waals surface area contributed by atoms with Crippen LogP contribution >= 0.6 is 11.3 Å². The highest BCUT2D eigenvalue weighted by Crippen LogP contribution is 2.18. The lowest BCUT2D eigenvalue weighted by Crippen LogP contribution is -2.50. The maximum atomic E-state index is 12.6. The van der Waals surface area contributed by atoms with E-state index in [0.29, 0.717) is 32.8 Å². The minimum absolute atomic E-state index is 0.0546. The molecule has 0 bridgehead atoms. The summed E-state index contributed by atoms with van der Waals surface area (Å²) < 4.78 is 37.4. The fourth-order valence-corrected chi connectivity index (χ4v) is 4.36. The lowest BCUT2D eigenvalue weighted by Gasteiger charge is -2.33. The van der Waals surface area contributed by atoms with Crippen molar-refractivity contribution in [3.8, 4) is 0 Å². The third-order valence-electron chi connectivity index (χ3n) is 4.17. The zero-order valence-electron chi connectivity index (χ0n) is 15.3. The first kappa shape index (κ1) is 20.4. The topological polar surface area (TPSA) is 109 Å². The van der Waals surface area contributed by atoms with E-state index in [0.717, 1.165) is 4.88 Å². The number of carbonyl (C=O) groups is 2. The second-order valence-corrected chi connectivity index (χ2v) is 8.73. The first-order chi connectivity index (χ1) is 13.4. The van der Waals surface area contributed by atoms with Crippen LogP contribution in [-0.2, 0) is 21.3 Å². The molecular weight excluding hydrogens is 406 g/mol. The highest BCUT2D eigenvalue weighted by molar-refractivity contribution is 7.89. The van der Waals surface area contributed by atoms with Crippen LogP contribution in [0.25, 0.3) is 0 Å². The predicted molar refractivity (Wildman–Crippen MR) is 102 cm³/mol. The zero-order valence-corrected chi connectivity index (χ0v) is 16.9. The molecule has 1 aliphatic rings. The van der Waals surface area contributed by atoms with Gasteiger partial charge in [0.25, 0.3) is 15.9 Å². The van der Waals surface area contributed by atoms with Crippen molar-refractivity contribution in [1.29, 1.82) is 0 Å². The second kappa shape index (κ2) is 8.76. The molecule has 0 saturated carbocycles. The average Bonchev–Trinajstić information content (AvgIpc) is 3.38. The van der Waals surface area contributed by atoms with Gasteiger partial charge in [0.1, 0.15) is 0 Å². The van der Waals surface area contributed by atoms with Crippen LogP contribution in [0.4, 0.5) is 4.79 Å². The van der Waals surface area contributed by atoms with Gasteiger partial charge in [0.2, 0.25) is 5.09 Å². The number of thiophene rings is 1. The van der Waals surface area contributed by atoms with Crippen LogP contribution in [-0.4, -0.2) is 63.0 Å². The van der Waals surface area contributed by atoms with Gasteiger partial charge in [-0.3, -0.25) is 4.79 Å². The Hall–Kier alpha value is -2.37. The van der Waals surface area contributed by atoms with E-state index in [4.69, 9.17) is 9.15 Å². The standard InChI is InChI=1S/C17H21N3O6S2/c1-2-25-17(22)20-9-7-19(8-10-20)16(21)14-5-6-15(26-14)28(23,24)18-12-13-4-3-11-27-13/h3-6,11,18H,2,7-10,12H2,1H3. The number of amides is 2.